The maximum Gasteiger partial charge on any atom is 0.105 e. The lowest BCUT2D eigenvalue weighted by Gasteiger charge is -2.34. The first-order valence-corrected chi connectivity index (χ1v) is 7.87. The van der Waals surface area contributed by atoms with Crippen LogP contribution in [0.25, 0.3) is 0 Å². The number of aryl methyl sites for hydroxylation is 1. The molecule has 2 rings (SSSR count). The average molecular weight is 276 g/mol. The summed E-state index contributed by atoms with van der Waals surface area (Å²) in [7, 11) is 0. The molecule has 0 bridgehead atoms. The van der Waals surface area contributed by atoms with Gasteiger partial charge in [-0.15, -0.1) is 0 Å². The quantitative estimate of drug-likeness (QED) is 0.890. The zero-order chi connectivity index (χ0) is 14.7. The van der Waals surface area contributed by atoms with E-state index in [1.54, 1.807) is 0 Å². The van der Waals surface area contributed by atoms with Crippen LogP contribution in [0.3, 0.4) is 0 Å². The van der Waals surface area contributed by atoms with E-state index < -0.39 is 6.10 Å². The van der Waals surface area contributed by atoms with E-state index in [1.165, 1.54) is 12.0 Å². The first-order chi connectivity index (χ1) is 9.47. The van der Waals surface area contributed by atoms with Crippen LogP contribution in [0.15, 0.2) is 24.3 Å². The monoisotopic (exact) mass is 276 g/mol. The molecule has 0 aliphatic heterocycles. The molecule has 20 heavy (non-hydrogen) atoms. The Morgan fingerprint density at radius 2 is 1.75 bits per heavy atom. The third-order valence-corrected chi connectivity index (χ3v) is 4.82. The van der Waals surface area contributed by atoms with Crippen molar-refractivity contribution in [3.05, 3.63) is 35.4 Å². The Labute approximate surface area is 123 Å². The molecule has 1 aromatic carbocycles. The third-order valence-electron chi connectivity index (χ3n) is 4.82. The first kappa shape index (κ1) is 15.5. The molecule has 1 aliphatic carbocycles. The zero-order valence-corrected chi connectivity index (χ0v) is 13.2. The standard InChI is InChI=1S/C18H28O2/c1-12-5-8-16(9-6-12)18(19)15(4)20-17-10-7-13(2)14(3)11-17/h5-6,8-9,13-15,17-19H,7,10-11H2,1-4H3. The summed E-state index contributed by atoms with van der Waals surface area (Å²) in [5.41, 5.74) is 2.16. The Bertz CT molecular complexity index is 412. The summed E-state index contributed by atoms with van der Waals surface area (Å²) in [4.78, 5) is 0. The van der Waals surface area contributed by atoms with Gasteiger partial charge < -0.3 is 9.84 Å². The highest BCUT2D eigenvalue weighted by molar-refractivity contribution is 5.23. The van der Waals surface area contributed by atoms with Gasteiger partial charge >= 0.3 is 0 Å². The van der Waals surface area contributed by atoms with Crippen LogP contribution < -0.4 is 0 Å². The van der Waals surface area contributed by atoms with Crippen molar-refractivity contribution in [1.29, 1.82) is 0 Å². The van der Waals surface area contributed by atoms with E-state index in [1.807, 2.05) is 31.2 Å². The minimum absolute atomic E-state index is 0.150. The van der Waals surface area contributed by atoms with Gasteiger partial charge in [0.1, 0.15) is 6.10 Å². The molecule has 1 saturated carbocycles. The number of aliphatic hydroxyl groups is 1. The molecule has 0 heterocycles. The van der Waals surface area contributed by atoms with E-state index in [0.717, 1.165) is 30.2 Å². The lowest BCUT2D eigenvalue weighted by molar-refractivity contribution is -0.0899. The molecule has 2 heteroatoms. The van der Waals surface area contributed by atoms with Gasteiger partial charge in [0, 0.05) is 0 Å². The lowest BCUT2D eigenvalue weighted by atomic mass is 9.80. The third kappa shape index (κ3) is 3.83. The van der Waals surface area contributed by atoms with Crippen LogP contribution in [0.4, 0.5) is 0 Å². The van der Waals surface area contributed by atoms with E-state index in [9.17, 15) is 5.11 Å². The van der Waals surface area contributed by atoms with E-state index in [0.29, 0.717) is 6.10 Å². The molecule has 1 fully saturated rings. The van der Waals surface area contributed by atoms with Crippen LogP contribution in [0, 0.1) is 18.8 Å². The van der Waals surface area contributed by atoms with E-state index in [4.69, 9.17) is 4.74 Å². The molecule has 1 aromatic rings. The normalized spacial score (nSPS) is 29.9. The minimum Gasteiger partial charge on any atom is -0.386 e. The van der Waals surface area contributed by atoms with Crippen molar-refractivity contribution in [1.82, 2.24) is 0 Å². The maximum atomic E-state index is 10.4. The SMILES string of the molecule is Cc1ccc(C(O)C(C)OC2CCC(C)C(C)C2)cc1. The van der Waals surface area contributed by atoms with Gasteiger partial charge in [0.25, 0.3) is 0 Å². The Morgan fingerprint density at radius 3 is 2.35 bits per heavy atom. The fourth-order valence-corrected chi connectivity index (χ4v) is 3.03. The van der Waals surface area contributed by atoms with Crippen LogP contribution in [-0.2, 0) is 4.74 Å². The molecule has 1 aliphatic rings. The number of benzene rings is 1. The second-order valence-electron chi connectivity index (χ2n) is 6.59. The van der Waals surface area contributed by atoms with Gasteiger partial charge in [0.2, 0.25) is 0 Å². The molecular formula is C18H28O2. The van der Waals surface area contributed by atoms with Crippen molar-refractivity contribution in [2.24, 2.45) is 11.8 Å². The number of rotatable bonds is 4. The van der Waals surface area contributed by atoms with Gasteiger partial charge in [0.05, 0.1) is 12.2 Å². The highest BCUT2D eigenvalue weighted by Crippen LogP contribution is 2.32. The van der Waals surface area contributed by atoms with Crippen molar-refractivity contribution < 1.29 is 9.84 Å². The summed E-state index contributed by atoms with van der Waals surface area (Å²) in [5.74, 6) is 1.52. The summed E-state index contributed by atoms with van der Waals surface area (Å²) in [6, 6.07) is 8.06. The van der Waals surface area contributed by atoms with Gasteiger partial charge in [-0.2, -0.15) is 0 Å². The molecule has 0 spiro atoms. The van der Waals surface area contributed by atoms with Gasteiger partial charge in [-0.1, -0.05) is 43.7 Å². The van der Waals surface area contributed by atoms with Crippen LogP contribution in [0.2, 0.25) is 0 Å². The Kier molecular flexibility index (Phi) is 5.22. The van der Waals surface area contributed by atoms with Crippen LogP contribution in [0.1, 0.15) is 57.3 Å². The smallest absolute Gasteiger partial charge is 0.105 e. The summed E-state index contributed by atoms with van der Waals surface area (Å²) >= 11 is 0. The molecule has 5 unspecified atom stereocenters. The Hall–Kier alpha value is -0.860. The molecule has 1 N–H and O–H groups in total. The topological polar surface area (TPSA) is 29.5 Å². The summed E-state index contributed by atoms with van der Waals surface area (Å²) in [6.07, 6.45) is 3.09. The van der Waals surface area contributed by atoms with E-state index >= 15 is 0 Å². The van der Waals surface area contributed by atoms with Crippen LogP contribution in [-0.4, -0.2) is 17.3 Å². The molecule has 112 valence electrons. The largest absolute Gasteiger partial charge is 0.386 e. The van der Waals surface area contributed by atoms with Gasteiger partial charge in [-0.25, -0.2) is 0 Å². The van der Waals surface area contributed by atoms with Gasteiger partial charge in [-0.3, -0.25) is 0 Å². The number of hydrogen-bond acceptors (Lipinski definition) is 2. The van der Waals surface area contributed by atoms with Crippen molar-refractivity contribution in [2.75, 3.05) is 0 Å². The molecule has 2 nitrogen and oxygen atoms in total. The van der Waals surface area contributed by atoms with Crippen LogP contribution >= 0.6 is 0 Å². The van der Waals surface area contributed by atoms with Crippen LogP contribution in [0.5, 0.6) is 0 Å². The lowest BCUT2D eigenvalue weighted by Crippen LogP contribution is -2.31. The van der Waals surface area contributed by atoms with Gasteiger partial charge in [0.15, 0.2) is 0 Å². The molecule has 0 aromatic heterocycles. The number of aliphatic hydroxyl groups excluding tert-OH is 1. The predicted molar refractivity (Wildman–Crippen MR) is 82.7 cm³/mol. The highest BCUT2D eigenvalue weighted by atomic mass is 16.5. The highest BCUT2D eigenvalue weighted by Gasteiger charge is 2.28. The summed E-state index contributed by atoms with van der Waals surface area (Å²) in [5, 5.41) is 10.4. The predicted octanol–water partition coefficient (Wildman–Crippen LogP) is 4.26. The molecule has 0 amide bonds. The Morgan fingerprint density at radius 1 is 1.10 bits per heavy atom. The molecular weight excluding hydrogens is 248 g/mol. The summed E-state index contributed by atoms with van der Waals surface area (Å²) in [6.45, 7) is 8.67. The molecule has 0 saturated heterocycles. The number of hydrogen-bond donors (Lipinski definition) is 1. The fourth-order valence-electron chi connectivity index (χ4n) is 3.03. The van der Waals surface area contributed by atoms with E-state index in [-0.39, 0.29) is 6.10 Å². The maximum absolute atomic E-state index is 10.4. The van der Waals surface area contributed by atoms with Crippen molar-refractivity contribution in [3.63, 3.8) is 0 Å². The van der Waals surface area contributed by atoms with Crippen molar-refractivity contribution in [3.8, 4) is 0 Å². The Balaban J connectivity index is 1.91. The van der Waals surface area contributed by atoms with Crippen molar-refractivity contribution >= 4 is 0 Å². The second-order valence-corrected chi connectivity index (χ2v) is 6.59. The molecule has 5 atom stereocenters. The first-order valence-electron chi connectivity index (χ1n) is 7.87. The minimum atomic E-state index is -0.537. The van der Waals surface area contributed by atoms with E-state index in [2.05, 4.69) is 20.8 Å². The van der Waals surface area contributed by atoms with Gasteiger partial charge in [-0.05, 0) is 50.5 Å². The molecule has 0 radical (unpaired) electrons. The fraction of sp³-hybridized carbons (Fsp3) is 0.667. The summed E-state index contributed by atoms with van der Waals surface area (Å²) < 4.78 is 6.11. The average Bonchev–Trinajstić information content (AvgIpc) is 2.43. The zero-order valence-electron chi connectivity index (χ0n) is 13.2. The number of ether oxygens (including phenoxy) is 1. The van der Waals surface area contributed by atoms with Crippen molar-refractivity contribution in [2.45, 2.75) is 65.3 Å². The second kappa shape index (κ2) is 6.73.